The quantitative estimate of drug-likeness (QED) is 0.764. The Hall–Kier alpha value is -1.32. The predicted molar refractivity (Wildman–Crippen MR) is 56.9 cm³/mol. The third kappa shape index (κ3) is 1.95. The Bertz CT molecular complexity index is 309. The van der Waals surface area contributed by atoms with Gasteiger partial charge >= 0.3 is 0 Å². The highest BCUT2D eigenvalue weighted by Gasteiger charge is 2.24. The first-order valence-corrected chi connectivity index (χ1v) is 5.11. The topological polar surface area (TPSA) is 63.8 Å². The van der Waals surface area contributed by atoms with Gasteiger partial charge in [0.25, 0.3) is 0 Å². The van der Waals surface area contributed by atoms with Crippen molar-refractivity contribution >= 4 is 11.8 Å². The van der Waals surface area contributed by atoms with Crippen molar-refractivity contribution in [1.29, 1.82) is 0 Å². The Kier molecular flexibility index (Phi) is 2.52. The molecule has 0 amide bonds. The van der Waals surface area contributed by atoms with Gasteiger partial charge in [-0.25, -0.2) is 4.98 Å². The molecular weight excluding hydrogens is 176 g/mol. The summed E-state index contributed by atoms with van der Waals surface area (Å²) in [6.07, 6.45) is 5.67. The first-order chi connectivity index (χ1) is 6.75. The number of nitrogen functional groups attached to an aromatic ring is 1. The van der Waals surface area contributed by atoms with E-state index in [-0.39, 0.29) is 0 Å². The fourth-order valence-electron chi connectivity index (χ4n) is 1.70. The molecule has 4 nitrogen and oxygen atoms in total. The molecule has 4 heteroatoms. The van der Waals surface area contributed by atoms with E-state index in [9.17, 15) is 0 Å². The molecule has 0 bridgehead atoms. The van der Waals surface area contributed by atoms with Crippen molar-refractivity contribution in [3.8, 4) is 0 Å². The summed E-state index contributed by atoms with van der Waals surface area (Å²) in [5.74, 6) is 1.94. The van der Waals surface area contributed by atoms with Gasteiger partial charge in [0, 0.05) is 12.2 Å². The molecule has 0 saturated heterocycles. The van der Waals surface area contributed by atoms with Gasteiger partial charge < -0.3 is 11.1 Å². The lowest BCUT2D eigenvalue weighted by Crippen LogP contribution is -2.31. The number of rotatable bonds is 3. The Morgan fingerprint density at radius 3 is 2.93 bits per heavy atom. The van der Waals surface area contributed by atoms with E-state index in [2.05, 4.69) is 22.2 Å². The van der Waals surface area contributed by atoms with E-state index in [1.165, 1.54) is 19.3 Å². The zero-order valence-corrected chi connectivity index (χ0v) is 8.40. The SMILES string of the molecule is CC(Nc1nccc(N)n1)C1CCC1. The van der Waals surface area contributed by atoms with E-state index in [0.29, 0.717) is 17.8 Å². The van der Waals surface area contributed by atoms with Gasteiger partial charge in [-0.05, 0) is 31.7 Å². The highest BCUT2D eigenvalue weighted by Crippen LogP contribution is 2.30. The van der Waals surface area contributed by atoms with Crippen LogP contribution in [0, 0.1) is 5.92 Å². The summed E-state index contributed by atoms with van der Waals surface area (Å²) < 4.78 is 0. The molecule has 14 heavy (non-hydrogen) atoms. The summed E-state index contributed by atoms with van der Waals surface area (Å²) in [6.45, 7) is 2.18. The van der Waals surface area contributed by atoms with Crippen LogP contribution in [0.3, 0.4) is 0 Å². The maximum Gasteiger partial charge on any atom is 0.224 e. The van der Waals surface area contributed by atoms with Crippen LogP contribution in [0.25, 0.3) is 0 Å². The number of anilines is 2. The Morgan fingerprint density at radius 1 is 1.57 bits per heavy atom. The van der Waals surface area contributed by atoms with Gasteiger partial charge in [-0.2, -0.15) is 4.98 Å². The molecule has 76 valence electrons. The molecule has 0 radical (unpaired) electrons. The van der Waals surface area contributed by atoms with Gasteiger partial charge in [-0.1, -0.05) is 6.42 Å². The van der Waals surface area contributed by atoms with Crippen LogP contribution in [0.1, 0.15) is 26.2 Å². The van der Waals surface area contributed by atoms with Crippen LogP contribution in [-0.2, 0) is 0 Å². The number of aromatic nitrogens is 2. The van der Waals surface area contributed by atoms with Crippen LogP contribution in [-0.4, -0.2) is 16.0 Å². The number of hydrogen-bond acceptors (Lipinski definition) is 4. The lowest BCUT2D eigenvalue weighted by atomic mass is 9.80. The lowest BCUT2D eigenvalue weighted by molar-refractivity contribution is 0.284. The molecule has 1 fully saturated rings. The van der Waals surface area contributed by atoms with Crippen molar-refractivity contribution in [3.63, 3.8) is 0 Å². The molecule has 1 aliphatic carbocycles. The van der Waals surface area contributed by atoms with E-state index in [0.717, 1.165) is 5.92 Å². The molecule has 1 unspecified atom stereocenters. The first kappa shape index (κ1) is 9.24. The van der Waals surface area contributed by atoms with Crippen molar-refractivity contribution in [1.82, 2.24) is 9.97 Å². The largest absolute Gasteiger partial charge is 0.384 e. The van der Waals surface area contributed by atoms with Crippen molar-refractivity contribution in [2.45, 2.75) is 32.2 Å². The van der Waals surface area contributed by atoms with Gasteiger partial charge in [-0.15, -0.1) is 0 Å². The average molecular weight is 192 g/mol. The zero-order valence-electron chi connectivity index (χ0n) is 8.40. The number of hydrogen-bond donors (Lipinski definition) is 2. The molecule has 0 spiro atoms. The molecule has 3 N–H and O–H groups in total. The third-order valence-corrected chi connectivity index (χ3v) is 2.89. The van der Waals surface area contributed by atoms with Crippen molar-refractivity contribution in [3.05, 3.63) is 12.3 Å². The summed E-state index contributed by atoms with van der Waals surface area (Å²) in [4.78, 5) is 8.23. The van der Waals surface area contributed by atoms with Crippen LogP contribution in [0.2, 0.25) is 0 Å². The normalized spacial score (nSPS) is 18.6. The lowest BCUT2D eigenvalue weighted by Gasteiger charge is -2.31. The van der Waals surface area contributed by atoms with E-state index in [4.69, 9.17) is 5.73 Å². The summed E-state index contributed by atoms with van der Waals surface area (Å²) in [6, 6.07) is 2.14. The Balaban J connectivity index is 1.95. The first-order valence-electron chi connectivity index (χ1n) is 5.11. The average Bonchev–Trinajstić information content (AvgIpc) is 1.99. The maximum atomic E-state index is 5.57. The van der Waals surface area contributed by atoms with Gasteiger partial charge in [0.1, 0.15) is 5.82 Å². The second kappa shape index (κ2) is 3.82. The Labute approximate surface area is 83.9 Å². The third-order valence-electron chi connectivity index (χ3n) is 2.89. The van der Waals surface area contributed by atoms with Crippen LogP contribution in [0.15, 0.2) is 12.3 Å². The zero-order chi connectivity index (χ0) is 9.97. The second-order valence-electron chi connectivity index (χ2n) is 3.93. The minimum Gasteiger partial charge on any atom is -0.384 e. The van der Waals surface area contributed by atoms with Gasteiger partial charge in [-0.3, -0.25) is 0 Å². The molecule has 1 atom stereocenters. The minimum absolute atomic E-state index is 0.450. The van der Waals surface area contributed by atoms with E-state index in [1.54, 1.807) is 12.3 Å². The van der Waals surface area contributed by atoms with Gasteiger partial charge in [0.05, 0.1) is 0 Å². The van der Waals surface area contributed by atoms with Crippen LogP contribution < -0.4 is 11.1 Å². The van der Waals surface area contributed by atoms with Gasteiger partial charge in [0.2, 0.25) is 5.95 Å². The van der Waals surface area contributed by atoms with Crippen molar-refractivity contribution in [2.75, 3.05) is 11.1 Å². The summed E-state index contributed by atoms with van der Waals surface area (Å²) in [5.41, 5.74) is 5.57. The summed E-state index contributed by atoms with van der Waals surface area (Å²) in [5, 5.41) is 3.28. The summed E-state index contributed by atoms with van der Waals surface area (Å²) in [7, 11) is 0. The Morgan fingerprint density at radius 2 is 2.36 bits per heavy atom. The molecule has 1 aliphatic rings. The fraction of sp³-hybridized carbons (Fsp3) is 0.600. The van der Waals surface area contributed by atoms with Crippen LogP contribution in [0.4, 0.5) is 11.8 Å². The van der Waals surface area contributed by atoms with Crippen LogP contribution >= 0.6 is 0 Å². The highest BCUT2D eigenvalue weighted by molar-refractivity contribution is 5.35. The van der Waals surface area contributed by atoms with E-state index < -0.39 is 0 Å². The van der Waals surface area contributed by atoms with E-state index in [1.807, 2.05) is 0 Å². The van der Waals surface area contributed by atoms with Crippen LogP contribution in [0.5, 0.6) is 0 Å². The molecule has 1 saturated carbocycles. The molecule has 2 rings (SSSR count). The standard InChI is InChI=1S/C10H16N4/c1-7(8-3-2-4-8)13-10-12-6-5-9(11)14-10/h5-8H,2-4H2,1H3,(H3,11,12,13,14). The summed E-state index contributed by atoms with van der Waals surface area (Å²) >= 11 is 0. The number of nitrogens with zero attached hydrogens (tertiary/aromatic N) is 2. The second-order valence-corrected chi connectivity index (χ2v) is 3.93. The highest BCUT2D eigenvalue weighted by atomic mass is 15.1. The minimum atomic E-state index is 0.450. The molecule has 1 aromatic rings. The monoisotopic (exact) mass is 192 g/mol. The maximum absolute atomic E-state index is 5.57. The predicted octanol–water partition coefficient (Wildman–Crippen LogP) is 1.66. The molecule has 0 aromatic carbocycles. The van der Waals surface area contributed by atoms with Crippen molar-refractivity contribution < 1.29 is 0 Å². The number of nitrogens with two attached hydrogens (primary N) is 1. The van der Waals surface area contributed by atoms with E-state index >= 15 is 0 Å². The molecule has 1 aromatic heterocycles. The molecular formula is C10H16N4. The number of nitrogens with one attached hydrogen (secondary N) is 1. The smallest absolute Gasteiger partial charge is 0.224 e. The molecule has 0 aliphatic heterocycles. The molecule has 1 heterocycles. The van der Waals surface area contributed by atoms with Crippen molar-refractivity contribution in [2.24, 2.45) is 5.92 Å². The van der Waals surface area contributed by atoms with Gasteiger partial charge in [0.15, 0.2) is 0 Å². The fourth-order valence-corrected chi connectivity index (χ4v) is 1.70.